The van der Waals surface area contributed by atoms with Crippen molar-refractivity contribution in [3.63, 3.8) is 0 Å². The number of rotatable bonds is 5. The first-order chi connectivity index (χ1) is 13.2. The Morgan fingerprint density at radius 1 is 1.04 bits per heavy atom. The van der Waals surface area contributed by atoms with E-state index in [0.717, 1.165) is 32.2 Å². The number of carbonyl (C=O) groups is 2. The van der Waals surface area contributed by atoms with E-state index in [1.165, 1.54) is 0 Å². The highest BCUT2D eigenvalue weighted by molar-refractivity contribution is 5.96. The van der Waals surface area contributed by atoms with Crippen molar-refractivity contribution in [1.29, 1.82) is 0 Å². The lowest BCUT2D eigenvalue weighted by atomic mass is 9.97. The Balaban J connectivity index is 1.34. The molecule has 27 heavy (non-hydrogen) atoms. The summed E-state index contributed by atoms with van der Waals surface area (Å²) >= 11 is 0. The Morgan fingerprint density at radius 2 is 1.78 bits per heavy atom. The molecule has 1 saturated carbocycles. The average Bonchev–Trinajstić information content (AvgIpc) is 3.53. The van der Waals surface area contributed by atoms with E-state index >= 15 is 0 Å². The van der Waals surface area contributed by atoms with Crippen molar-refractivity contribution >= 4 is 23.5 Å². The van der Waals surface area contributed by atoms with Crippen molar-refractivity contribution in [3.05, 3.63) is 48.3 Å². The molecule has 0 bridgehead atoms. The molecule has 0 radical (unpaired) electrons. The van der Waals surface area contributed by atoms with Gasteiger partial charge in [0, 0.05) is 42.8 Å². The number of hydrogen-bond donors (Lipinski definition) is 2. The average molecular weight is 365 g/mol. The maximum Gasteiger partial charge on any atom is 0.251 e. The summed E-state index contributed by atoms with van der Waals surface area (Å²) in [7, 11) is 0. The minimum Gasteiger partial charge on any atom is -0.349 e. The van der Waals surface area contributed by atoms with Crippen LogP contribution in [0.2, 0.25) is 0 Å². The molecule has 1 aliphatic heterocycles. The zero-order valence-electron chi connectivity index (χ0n) is 15.1. The van der Waals surface area contributed by atoms with Crippen LogP contribution in [0, 0.1) is 5.92 Å². The smallest absolute Gasteiger partial charge is 0.251 e. The Kier molecular flexibility index (Phi) is 5.00. The molecule has 1 aromatic heterocycles. The first-order valence-corrected chi connectivity index (χ1v) is 9.43. The zero-order valence-corrected chi connectivity index (χ0v) is 15.1. The highest BCUT2D eigenvalue weighted by Crippen LogP contribution is 2.22. The van der Waals surface area contributed by atoms with Gasteiger partial charge < -0.3 is 15.5 Å². The number of aromatic nitrogens is 2. The van der Waals surface area contributed by atoms with Gasteiger partial charge >= 0.3 is 0 Å². The summed E-state index contributed by atoms with van der Waals surface area (Å²) in [5, 5.41) is 5.92. The number of piperidine rings is 1. The van der Waals surface area contributed by atoms with Gasteiger partial charge in [0.2, 0.25) is 11.9 Å². The topological polar surface area (TPSA) is 87.2 Å². The van der Waals surface area contributed by atoms with Crippen LogP contribution in [-0.2, 0) is 4.79 Å². The first kappa shape index (κ1) is 17.5. The van der Waals surface area contributed by atoms with Crippen LogP contribution >= 0.6 is 0 Å². The van der Waals surface area contributed by atoms with Crippen LogP contribution in [0.5, 0.6) is 0 Å². The monoisotopic (exact) mass is 365 g/mol. The minimum absolute atomic E-state index is 0.00851. The molecule has 0 spiro atoms. The van der Waals surface area contributed by atoms with Gasteiger partial charge in [-0.15, -0.1) is 0 Å². The summed E-state index contributed by atoms with van der Waals surface area (Å²) in [6.07, 6.45) is 7.33. The van der Waals surface area contributed by atoms with E-state index in [1.807, 2.05) is 0 Å². The van der Waals surface area contributed by atoms with Crippen molar-refractivity contribution in [2.45, 2.75) is 31.7 Å². The Bertz CT molecular complexity index is 805. The van der Waals surface area contributed by atoms with Crippen LogP contribution in [0.25, 0.3) is 0 Å². The third-order valence-electron chi connectivity index (χ3n) is 4.95. The number of carbonyl (C=O) groups excluding carboxylic acids is 2. The third-order valence-corrected chi connectivity index (χ3v) is 4.95. The fourth-order valence-electron chi connectivity index (χ4n) is 3.27. The minimum atomic E-state index is -0.111. The van der Waals surface area contributed by atoms with E-state index in [1.54, 1.807) is 42.7 Å². The molecule has 1 atom stereocenters. The molecule has 7 heteroatoms. The molecule has 2 aromatic rings. The molecule has 7 nitrogen and oxygen atoms in total. The molecule has 2 amide bonds. The van der Waals surface area contributed by atoms with Gasteiger partial charge in [-0.25, -0.2) is 9.97 Å². The van der Waals surface area contributed by atoms with E-state index in [4.69, 9.17) is 0 Å². The summed E-state index contributed by atoms with van der Waals surface area (Å²) in [4.78, 5) is 35.3. The van der Waals surface area contributed by atoms with E-state index in [2.05, 4.69) is 25.5 Å². The maximum atomic E-state index is 12.7. The molecule has 4 rings (SSSR count). The van der Waals surface area contributed by atoms with Gasteiger partial charge in [-0.2, -0.15) is 0 Å². The van der Waals surface area contributed by atoms with Crippen LogP contribution < -0.4 is 15.5 Å². The molecule has 2 heterocycles. The quantitative estimate of drug-likeness (QED) is 0.848. The van der Waals surface area contributed by atoms with E-state index in [0.29, 0.717) is 29.8 Å². The molecule has 2 N–H and O–H groups in total. The van der Waals surface area contributed by atoms with Gasteiger partial charge in [0.25, 0.3) is 5.91 Å². The Labute approximate surface area is 158 Å². The lowest BCUT2D eigenvalue weighted by Gasteiger charge is -2.31. The number of benzene rings is 1. The van der Waals surface area contributed by atoms with Crippen LogP contribution in [-0.4, -0.2) is 40.9 Å². The van der Waals surface area contributed by atoms with Crippen molar-refractivity contribution in [3.8, 4) is 0 Å². The fourth-order valence-corrected chi connectivity index (χ4v) is 3.27. The van der Waals surface area contributed by atoms with Crippen molar-refractivity contribution in [2.24, 2.45) is 5.92 Å². The fraction of sp³-hybridized carbons (Fsp3) is 0.400. The predicted octanol–water partition coefficient (Wildman–Crippen LogP) is 2.22. The Morgan fingerprint density at radius 3 is 2.48 bits per heavy atom. The summed E-state index contributed by atoms with van der Waals surface area (Å²) in [6, 6.07) is 9.17. The van der Waals surface area contributed by atoms with Crippen LogP contribution in [0.4, 0.5) is 11.6 Å². The largest absolute Gasteiger partial charge is 0.349 e. The van der Waals surface area contributed by atoms with Gasteiger partial charge in [-0.1, -0.05) is 0 Å². The van der Waals surface area contributed by atoms with Crippen molar-refractivity contribution in [2.75, 3.05) is 23.3 Å². The van der Waals surface area contributed by atoms with Crippen LogP contribution in [0.15, 0.2) is 42.7 Å². The predicted molar refractivity (Wildman–Crippen MR) is 103 cm³/mol. The standard InChI is InChI=1S/C20H23N5O2/c26-18(23-17-8-9-17)14-4-6-16(7-5-14)24-19(27)15-3-1-12-25(13-15)20-21-10-2-11-22-20/h2,4-7,10-11,15,17H,1,3,8-9,12-13H2,(H,23,26)(H,24,27). The number of hydrogen-bond acceptors (Lipinski definition) is 5. The van der Waals surface area contributed by atoms with Gasteiger partial charge in [0.05, 0.1) is 5.92 Å². The molecule has 140 valence electrons. The SMILES string of the molecule is O=C(NC1CC1)c1ccc(NC(=O)C2CCCN(c3ncccn3)C2)cc1. The lowest BCUT2D eigenvalue weighted by Crippen LogP contribution is -2.41. The summed E-state index contributed by atoms with van der Waals surface area (Å²) in [6.45, 7) is 1.47. The lowest BCUT2D eigenvalue weighted by molar-refractivity contribution is -0.120. The first-order valence-electron chi connectivity index (χ1n) is 9.43. The van der Waals surface area contributed by atoms with Crippen molar-refractivity contribution in [1.82, 2.24) is 15.3 Å². The second kappa shape index (κ2) is 7.73. The van der Waals surface area contributed by atoms with E-state index < -0.39 is 0 Å². The summed E-state index contributed by atoms with van der Waals surface area (Å²) in [5.41, 5.74) is 1.32. The highest BCUT2D eigenvalue weighted by atomic mass is 16.2. The molecule has 2 fully saturated rings. The second-order valence-electron chi connectivity index (χ2n) is 7.15. The van der Waals surface area contributed by atoms with Gasteiger partial charge in [-0.3, -0.25) is 9.59 Å². The summed E-state index contributed by atoms with van der Waals surface area (Å²) in [5.74, 6) is 0.494. The third kappa shape index (κ3) is 4.42. The maximum absolute atomic E-state index is 12.7. The Hall–Kier alpha value is -2.96. The van der Waals surface area contributed by atoms with E-state index in [9.17, 15) is 9.59 Å². The number of anilines is 2. The molecule has 2 aliphatic rings. The number of nitrogens with zero attached hydrogens (tertiary/aromatic N) is 3. The normalized spacial score (nSPS) is 19.4. The van der Waals surface area contributed by atoms with Crippen molar-refractivity contribution < 1.29 is 9.59 Å². The highest BCUT2D eigenvalue weighted by Gasteiger charge is 2.27. The van der Waals surface area contributed by atoms with Gasteiger partial charge in [0.15, 0.2) is 0 Å². The molecule has 1 aliphatic carbocycles. The molecule has 1 unspecified atom stereocenters. The number of amides is 2. The van der Waals surface area contributed by atoms with Crippen LogP contribution in [0.3, 0.4) is 0 Å². The molecular weight excluding hydrogens is 342 g/mol. The van der Waals surface area contributed by atoms with E-state index in [-0.39, 0.29) is 17.7 Å². The van der Waals surface area contributed by atoms with Crippen LogP contribution in [0.1, 0.15) is 36.0 Å². The molecule has 1 aromatic carbocycles. The van der Waals surface area contributed by atoms with Gasteiger partial charge in [0.1, 0.15) is 0 Å². The zero-order chi connectivity index (χ0) is 18.6. The van der Waals surface area contributed by atoms with Gasteiger partial charge in [-0.05, 0) is 56.0 Å². The molecular formula is C20H23N5O2. The summed E-state index contributed by atoms with van der Waals surface area (Å²) < 4.78 is 0. The molecule has 1 saturated heterocycles. The second-order valence-corrected chi connectivity index (χ2v) is 7.15. The number of nitrogens with one attached hydrogen (secondary N) is 2.